The molecule has 0 N–H and O–H groups in total. The van der Waals surface area contributed by atoms with E-state index in [4.69, 9.17) is 4.74 Å². The average molecular weight is 337 g/mol. The lowest BCUT2D eigenvalue weighted by Crippen LogP contribution is -2.38. The molecule has 0 radical (unpaired) electrons. The van der Waals surface area contributed by atoms with E-state index in [1.807, 2.05) is 30.1 Å². The SMILES string of the molecule is Cn1nncc1CN1CCO[C@H](c2ccccc2Br)C1. The number of halogens is 1. The number of hydrogen-bond acceptors (Lipinski definition) is 4. The first-order valence-corrected chi connectivity index (χ1v) is 7.45. The van der Waals surface area contributed by atoms with Gasteiger partial charge in [0.15, 0.2) is 0 Å². The van der Waals surface area contributed by atoms with E-state index in [1.165, 1.54) is 5.56 Å². The minimum atomic E-state index is 0.112. The molecule has 0 amide bonds. The first kappa shape index (κ1) is 13.7. The molecule has 20 heavy (non-hydrogen) atoms. The fourth-order valence-corrected chi connectivity index (χ4v) is 2.99. The van der Waals surface area contributed by atoms with Crippen LogP contribution in [0.25, 0.3) is 0 Å². The van der Waals surface area contributed by atoms with E-state index >= 15 is 0 Å². The van der Waals surface area contributed by atoms with Gasteiger partial charge in [0.1, 0.15) is 0 Å². The van der Waals surface area contributed by atoms with Crippen LogP contribution in [-0.4, -0.2) is 39.6 Å². The molecule has 6 heteroatoms. The van der Waals surface area contributed by atoms with E-state index in [2.05, 4.69) is 43.3 Å². The molecule has 5 nitrogen and oxygen atoms in total. The molecule has 1 atom stereocenters. The number of hydrogen-bond donors (Lipinski definition) is 0. The zero-order valence-electron chi connectivity index (χ0n) is 11.4. The highest BCUT2D eigenvalue weighted by molar-refractivity contribution is 9.10. The van der Waals surface area contributed by atoms with Crippen molar-refractivity contribution in [2.24, 2.45) is 7.05 Å². The van der Waals surface area contributed by atoms with Crippen molar-refractivity contribution in [3.63, 3.8) is 0 Å². The summed E-state index contributed by atoms with van der Waals surface area (Å²) in [6.45, 7) is 3.42. The van der Waals surface area contributed by atoms with Gasteiger partial charge in [0.25, 0.3) is 0 Å². The molecule has 1 aliphatic rings. The Hall–Kier alpha value is -1.24. The van der Waals surface area contributed by atoms with Crippen LogP contribution in [0.2, 0.25) is 0 Å². The van der Waals surface area contributed by atoms with Crippen LogP contribution in [0.1, 0.15) is 17.4 Å². The molecular formula is C14H17BrN4O. The number of morpholine rings is 1. The van der Waals surface area contributed by atoms with Crippen molar-refractivity contribution < 1.29 is 4.74 Å². The second-order valence-electron chi connectivity index (χ2n) is 4.97. The van der Waals surface area contributed by atoms with E-state index in [0.29, 0.717) is 0 Å². The summed E-state index contributed by atoms with van der Waals surface area (Å²) in [7, 11) is 1.92. The third-order valence-corrected chi connectivity index (χ3v) is 4.32. The summed E-state index contributed by atoms with van der Waals surface area (Å²) in [6.07, 6.45) is 1.93. The molecule has 0 unspecified atom stereocenters. The Labute approximate surface area is 126 Å². The predicted octanol–water partition coefficient (Wildman–Crippen LogP) is 2.15. The van der Waals surface area contributed by atoms with Crippen LogP contribution in [0.3, 0.4) is 0 Å². The molecule has 1 aromatic heterocycles. The Bertz CT molecular complexity index is 586. The first-order valence-electron chi connectivity index (χ1n) is 6.66. The van der Waals surface area contributed by atoms with Crippen LogP contribution in [0.4, 0.5) is 0 Å². The van der Waals surface area contributed by atoms with E-state index in [9.17, 15) is 0 Å². The number of nitrogens with zero attached hydrogens (tertiary/aromatic N) is 4. The molecule has 1 fully saturated rings. The van der Waals surface area contributed by atoms with Crippen LogP contribution in [0.15, 0.2) is 34.9 Å². The smallest absolute Gasteiger partial charge is 0.0963 e. The van der Waals surface area contributed by atoms with Gasteiger partial charge in [-0.2, -0.15) is 0 Å². The summed E-state index contributed by atoms with van der Waals surface area (Å²) >= 11 is 3.60. The maximum atomic E-state index is 5.91. The predicted molar refractivity (Wildman–Crippen MR) is 79.1 cm³/mol. The molecule has 0 spiro atoms. The largest absolute Gasteiger partial charge is 0.371 e. The maximum absolute atomic E-state index is 5.91. The van der Waals surface area contributed by atoms with E-state index < -0.39 is 0 Å². The molecule has 0 bridgehead atoms. The van der Waals surface area contributed by atoms with E-state index in [-0.39, 0.29) is 6.10 Å². The Morgan fingerprint density at radius 1 is 1.40 bits per heavy atom. The average Bonchev–Trinajstić information content (AvgIpc) is 2.85. The van der Waals surface area contributed by atoms with E-state index in [1.54, 1.807) is 0 Å². The third-order valence-electron chi connectivity index (χ3n) is 3.60. The van der Waals surface area contributed by atoms with Crippen LogP contribution in [0, 0.1) is 0 Å². The van der Waals surface area contributed by atoms with Gasteiger partial charge in [0.2, 0.25) is 0 Å². The highest BCUT2D eigenvalue weighted by Crippen LogP contribution is 2.28. The summed E-state index contributed by atoms with van der Waals surface area (Å²) in [5.74, 6) is 0. The van der Waals surface area contributed by atoms with Crippen molar-refractivity contribution in [1.29, 1.82) is 0 Å². The fourth-order valence-electron chi connectivity index (χ4n) is 2.45. The zero-order valence-corrected chi connectivity index (χ0v) is 13.0. The van der Waals surface area contributed by atoms with Gasteiger partial charge >= 0.3 is 0 Å². The molecule has 1 saturated heterocycles. The van der Waals surface area contributed by atoms with Crippen molar-refractivity contribution in [3.8, 4) is 0 Å². The summed E-state index contributed by atoms with van der Waals surface area (Å²) in [5.41, 5.74) is 2.33. The highest BCUT2D eigenvalue weighted by Gasteiger charge is 2.24. The molecular weight excluding hydrogens is 320 g/mol. The van der Waals surface area contributed by atoms with Gasteiger partial charge in [-0.15, -0.1) is 5.10 Å². The molecule has 2 heterocycles. The Balaban J connectivity index is 1.71. The van der Waals surface area contributed by atoms with Gasteiger partial charge in [-0.3, -0.25) is 9.58 Å². The fraction of sp³-hybridized carbons (Fsp3) is 0.429. The van der Waals surface area contributed by atoms with Crippen LogP contribution in [-0.2, 0) is 18.3 Å². The summed E-state index contributed by atoms with van der Waals surface area (Å²) in [5, 5.41) is 7.90. The molecule has 0 aliphatic carbocycles. The van der Waals surface area contributed by atoms with Crippen molar-refractivity contribution >= 4 is 15.9 Å². The second-order valence-corrected chi connectivity index (χ2v) is 5.82. The van der Waals surface area contributed by atoms with Gasteiger partial charge in [-0.05, 0) is 11.6 Å². The lowest BCUT2D eigenvalue weighted by atomic mass is 10.1. The zero-order chi connectivity index (χ0) is 13.9. The molecule has 0 saturated carbocycles. The van der Waals surface area contributed by atoms with Crippen LogP contribution < -0.4 is 0 Å². The first-order chi connectivity index (χ1) is 9.74. The minimum absolute atomic E-state index is 0.112. The lowest BCUT2D eigenvalue weighted by molar-refractivity contribution is -0.0339. The normalized spacial score (nSPS) is 20.2. The maximum Gasteiger partial charge on any atom is 0.0963 e. The van der Waals surface area contributed by atoms with Gasteiger partial charge in [0, 0.05) is 31.2 Å². The summed E-state index contributed by atoms with van der Waals surface area (Å²) in [4.78, 5) is 2.38. The van der Waals surface area contributed by atoms with Crippen molar-refractivity contribution in [2.75, 3.05) is 19.7 Å². The standard InChI is InChI=1S/C14H17BrN4O/c1-18-11(8-16-17-18)9-19-6-7-20-14(10-19)12-4-2-3-5-13(12)15/h2-5,8,14H,6-7,9-10H2,1H3/t14-/m0/s1. The highest BCUT2D eigenvalue weighted by atomic mass is 79.9. The van der Waals surface area contributed by atoms with Gasteiger partial charge < -0.3 is 4.74 Å². The van der Waals surface area contributed by atoms with Gasteiger partial charge in [0.05, 0.1) is 24.6 Å². The topological polar surface area (TPSA) is 43.2 Å². The molecule has 2 aromatic rings. The molecule has 1 aliphatic heterocycles. The Kier molecular flexibility index (Phi) is 4.14. The third kappa shape index (κ3) is 2.92. The molecule has 1 aromatic carbocycles. The molecule has 3 rings (SSSR count). The lowest BCUT2D eigenvalue weighted by Gasteiger charge is -2.33. The van der Waals surface area contributed by atoms with Crippen molar-refractivity contribution in [2.45, 2.75) is 12.6 Å². The summed E-state index contributed by atoms with van der Waals surface area (Å²) in [6, 6.07) is 8.25. The number of rotatable bonds is 3. The van der Waals surface area contributed by atoms with Crippen LogP contribution >= 0.6 is 15.9 Å². The number of ether oxygens (including phenoxy) is 1. The molecule has 106 valence electrons. The quantitative estimate of drug-likeness (QED) is 0.861. The second kappa shape index (κ2) is 6.03. The monoisotopic (exact) mass is 336 g/mol. The van der Waals surface area contributed by atoms with Crippen molar-refractivity contribution in [1.82, 2.24) is 19.9 Å². The Morgan fingerprint density at radius 3 is 3.00 bits per heavy atom. The summed E-state index contributed by atoms with van der Waals surface area (Å²) < 4.78 is 8.84. The van der Waals surface area contributed by atoms with Gasteiger partial charge in [-0.1, -0.05) is 39.3 Å². The van der Waals surface area contributed by atoms with Crippen LogP contribution in [0.5, 0.6) is 0 Å². The van der Waals surface area contributed by atoms with Gasteiger partial charge in [-0.25, -0.2) is 0 Å². The van der Waals surface area contributed by atoms with E-state index in [0.717, 1.165) is 36.4 Å². The van der Waals surface area contributed by atoms with Crippen molar-refractivity contribution in [3.05, 3.63) is 46.2 Å². The number of aryl methyl sites for hydroxylation is 1. The minimum Gasteiger partial charge on any atom is -0.371 e. The number of aromatic nitrogens is 3. The number of benzene rings is 1. The Morgan fingerprint density at radius 2 is 2.25 bits per heavy atom.